The first kappa shape index (κ1) is 20.0. The van der Waals surface area contributed by atoms with Gasteiger partial charge in [-0.25, -0.2) is 4.79 Å². The predicted molar refractivity (Wildman–Crippen MR) is 112 cm³/mol. The molecule has 5 aliphatic rings. The highest BCUT2D eigenvalue weighted by atomic mass is 16.6. The molecule has 168 valence electrons. The number of allylic oxidation sites excluding steroid dienone is 2. The Balaban J connectivity index is 1.41. The Labute approximate surface area is 182 Å². The molecule has 0 spiro atoms. The summed E-state index contributed by atoms with van der Waals surface area (Å²) in [5.41, 5.74) is 0.584. The molecule has 1 aromatic heterocycles. The molecular formula is C25H32O6. The molecular weight excluding hydrogens is 396 g/mol. The summed E-state index contributed by atoms with van der Waals surface area (Å²) >= 11 is 0. The van der Waals surface area contributed by atoms with Crippen LogP contribution in [0.2, 0.25) is 0 Å². The summed E-state index contributed by atoms with van der Waals surface area (Å²) in [6.45, 7) is 2.34. The Morgan fingerprint density at radius 3 is 2.74 bits per heavy atom. The Bertz CT molecular complexity index is 977. The van der Waals surface area contributed by atoms with Crippen molar-refractivity contribution in [3.05, 3.63) is 45.7 Å². The number of fused-ring (bicyclic) bond motifs is 7. The standard InChI is InChI=1S/C25H32O6/c1-23-8-6-16-15(5-10-25(28)22-18(31-22)7-9-24(16,25)13-26)21(23)19(29-2)11-17(23)14-3-4-20(27)30-12-14/h3-4,12,15-18,22,26,28H,5-11,13H2,1-2H3/t15-,16+,17-,18-,22-,23-,24+,25+/m1/s1. The molecule has 6 nitrogen and oxygen atoms in total. The fourth-order valence-electron chi connectivity index (χ4n) is 8.37. The molecule has 0 unspecified atom stereocenters. The van der Waals surface area contributed by atoms with Gasteiger partial charge >= 0.3 is 5.63 Å². The zero-order valence-electron chi connectivity index (χ0n) is 18.3. The van der Waals surface area contributed by atoms with Gasteiger partial charge in [-0.3, -0.25) is 0 Å². The monoisotopic (exact) mass is 428 g/mol. The van der Waals surface area contributed by atoms with Crippen molar-refractivity contribution in [3.63, 3.8) is 0 Å². The number of methoxy groups -OCH3 is 1. The van der Waals surface area contributed by atoms with Gasteiger partial charge in [0.05, 0.1) is 31.8 Å². The van der Waals surface area contributed by atoms with Crippen LogP contribution in [0.15, 0.2) is 38.9 Å². The van der Waals surface area contributed by atoms with Crippen LogP contribution < -0.4 is 5.63 Å². The lowest BCUT2D eigenvalue weighted by atomic mass is 9.44. The molecule has 0 radical (unpaired) electrons. The van der Waals surface area contributed by atoms with Gasteiger partial charge in [-0.1, -0.05) is 6.92 Å². The van der Waals surface area contributed by atoms with Crippen LogP contribution >= 0.6 is 0 Å². The second-order valence-electron chi connectivity index (χ2n) is 10.8. The molecule has 4 fully saturated rings. The maximum absolute atomic E-state index is 11.8. The van der Waals surface area contributed by atoms with Crippen LogP contribution in [-0.4, -0.2) is 41.7 Å². The molecule has 1 aromatic rings. The van der Waals surface area contributed by atoms with Gasteiger partial charge in [-0.05, 0) is 73.0 Å². The van der Waals surface area contributed by atoms with Gasteiger partial charge in [0.2, 0.25) is 0 Å². The summed E-state index contributed by atoms with van der Waals surface area (Å²) in [6.07, 6.45) is 7.71. The van der Waals surface area contributed by atoms with Crippen molar-refractivity contribution in [1.82, 2.24) is 0 Å². The van der Waals surface area contributed by atoms with E-state index in [0.29, 0.717) is 6.42 Å². The molecule has 6 heteroatoms. The van der Waals surface area contributed by atoms with Gasteiger partial charge in [0.15, 0.2) is 0 Å². The summed E-state index contributed by atoms with van der Waals surface area (Å²) in [5.74, 6) is 1.76. The van der Waals surface area contributed by atoms with Gasteiger partial charge in [0.25, 0.3) is 0 Å². The Morgan fingerprint density at radius 1 is 1.19 bits per heavy atom. The van der Waals surface area contributed by atoms with Crippen LogP contribution in [0.1, 0.15) is 63.4 Å². The van der Waals surface area contributed by atoms with Gasteiger partial charge in [-0.2, -0.15) is 0 Å². The van der Waals surface area contributed by atoms with E-state index >= 15 is 0 Å². The number of ether oxygens (including phenoxy) is 2. The van der Waals surface area contributed by atoms with Crippen molar-refractivity contribution in [2.75, 3.05) is 13.7 Å². The highest BCUT2D eigenvalue weighted by molar-refractivity contribution is 5.40. The van der Waals surface area contributed by atoms with E-state index in [1.807, 2.05) is 6.07 Å². The molecule has 2 N–H and O–H groups in total. The molecule has 4 aliphatic carbocycles. The summed E-state index contributed by atoms with van der Waals surface area (Å²) < 4.78 is 17.0. The fraction of sp³-hybridized carbons (Fsp3) is 0.720. The third kappa shape index (κ3) is 2.42. The second kappa shape index (κ2) is 6.46. The van der Waals surface area contributed by atoms with E-state index in [-0.39, 0.29) is 47.6 Å². The molecule has 2 heterocycles. The lowest BCUT2D eigenvalue weighted by molar-refractivity contribution is -0.205. The van der Waals surface area contributed by atoms with Crippen molar-refractivity contribution in [2.24, 2.45) is 22.7 Å². The SMILES string of the molecule is COC1=C2[C@@H]3CC[C@]4(O)[C@@H]5O[C@@H]5CC[C@]4(CO)[C@H]3CC[C@]2(C)[C@@H](c2ccc(=O)oc2)C1. The summed E-state index contributed by atoms with van der Waals surface area (Å²) in [5, 5.41) is 22.5. The maximum atomic E-state index is 11.8. The van der Waals surface area contributed by atoms with Crippen molar-refractivity contribution in [1.29, 1.82) is 0 Å². The van der Waals surface area contributed by atoms with Crippen molar-refractivity contribution < 1.29 is 24.1 Å². The highest BCUT2D eigenvalue weighted by Gasteiger charge is 2.72. The number of hydrogen-bond acceptors (Lipinski definition) is 6. The Morgan fingerprint density at radius 2 is 2.03 bits per heavy atom. The zero-order valence-corrected chi connectivity index (χ0v) is 18.3. The molecule has 31 heavy (non-hydrogen) atoms. The molecule has 0 bridgehead atoms. The number of aliphatic hydroxyl groups excluding tert-OH is 1. The first-order valence-corrected chi connectivity index (χ1v) is 11.7. The number of epoxide rings is 1. The van der Waals surface area contributed by atoms with Crippen molar-refractivity contribution in [2.45, 2.75) is 75.6 Å². The minimum atomic E-state index is -0.922. The molecule has 0 amide bonds. The topological polar surface area (TPSA) is 92.4 Å². The summed E-state index contributed by atoms with van der Waals surface area (Å²) in [7, 11) is 1.75. The number of aliphatic hydroxyl groups is 2. The van der Waals surface area contributed by atoms with Crippen molar-refractivity contribution in [3.8, 4) is 0 Å². The predicted octanol–water partition coefficient (Wildman–Crippen LogP) is 3.12. The van der Waals surface area contributed by atoms with Gasteiger partial charge in [0, 0.05) is 23.8 Å². The number of hydrogen-bond donors (Lipinski definition) is 2. The van der Waals surface area contributed by atoms with E-state index in [2.05, 4.69) is 6.92 Å². The van der Waals surface area contributed by atoms with E-state index in [0.717, 1.165) is 49.8 Å². The lowest BCUT2D eigenvalue weighted by Gasteiger charge is -2.61. The van der Waals surface area contributed by atoms with Crippen molar-refractivity contribution >= 4 is 0 Å². The van der Waals surface area contributed by atoms with Crippen LogP contribution in [-0.2, 0) is 9.47 Å². The molecule has 1 aliphatic heterocycles. The van der Waals surface area contributed by atoms with Gasteiger partial charge in [-0.15, -0.1) is 0 Å². The quantitative estimate of drug-likeness (QED) is 0.719. The van der Waals surface area contributed by atoms with Crippen LogP contribution in [0.25, 0.3) is 0 Å². The Hall–Kier alpha value is -1.63. The van der Waals surface area contributed by atoms with E-state index in [1.54, 1.807) is 13.4 Å². The fourth-order valence-corrected chi connectivity index (χ4v) is 8.37. The molecule has 1 saturated heterocycles. The van der Waals surface area contributed by atoms with E-state index in [4.69, 9.17) is 13.9 Å². The smallest absolute Gasteiger partial charge is 0.335 e. The Kier molecular flexibility index (Phi) is 4.17. The lowest BCUT2D eigenvalue weighted by Crippen LogP contribution is -2.66. The summed E-state index contributed by atoms with van der Waals surface area (Å²) in [6, 6.07) is 3.40. The first-order valence-electron chi connectivity index (χ1n) is 11.7. The maximum Gasteiger partial charge on any atom is 0.335 e. The zero-order chi connectivity index (χ0) is 21.6. The molecule has 3 saturated carbocycles. The van der Waals surface area contributed by atoms with Crippen LogP contribution in [0.4, 0.5) is 0 Å². The normalized spacial score (nSPS) is 47.8. The third-order valence-electron chi connectivity index (χ3n) is 9.90. The average Bonchev–Trinajstić information content (AvgIpc) is 3.51. The van der Waals surface area contributed by atoms with Crippen LogP contribution in [0.5, 0.6) is 0 Å². The molecule has 0 aromatic carbocycles. The number of rotatable bonds is 3. The largest absolute Gasteiger partial charge is 0.501 e. The van der Waals surface area contributed by atoms with Gasteiger partial charge < -0.3 is 24.1 Å². The van der Waals surface area contributed by atoms with Crippen LogP contribution in [0.3, 0.4) is 0 Å². The average molecular weight is 429 g/mol. The first-order chi connectivity index (χ1) is 14.9. The molecule has 6 rings (SSSR count). The highest BCUT2D eigenvalue weighted by Crippen LogP contribution is 2.71. The molecule has 8 atom stereocenters. The van der Waals surface area contributed by atoms with Crippen LogP contribution in [0, 0.1) is 22.7 Å². The third-order valence-corrected chi connectivity index (χ3v) is 9.90. The minimum Gasteiger partial charge on any atom is -0.501 e. The second-order valence-corrected chi connectivity index (χ2v) is 10.8. The van der Waals surface area contributed by atoms with E-state index in [1.165, 1.54) is 11.6 Å². The van der Waals surface area contributed by atoms with E-state index < -0.39 is 11.0 Å². The van der Waals surface area contributed by atoms with Gasteiger partial charge in [0.1, 0.15) is 11.7 Å². The van der Waals surface area contributed by atoms with E-state index in [9.17, 15) is 15.0 Å². The summed E-state index contributed by atoms with van der Waals surface area (Å²) in [4.78, 5) is 11.5. The minimum absolute atomic E-state index is 0.0107.